The molecule has 0 radical (unpaired) electrons. The van der Waals surface area contributed by atoms with Gasteiger partial charge in [-0.1, -0.05) is 24.3 Å². The topological polar surface area (TPSA) is 55.8 Å². The lowest BCUT2D eigenvalue weighted by atomic mass is 10.1. The van der Waals surface area contributed by atoms with Gasteiger partial charge in [0.05, 0.1) is 17.5 Å². The van der Waals surface area contributed by atoms with Crippen molar-refractivity contribution in [2.75, 3.05) is 6.61 Å². The van der Waals surface area contributed by atoms with E-state index in [1.165, 1.54) is 0 Å². The number of hydrogen-bond donors (Lipinski definition) is 1. The Morgan fingerprint density at radius 1 is 1.09 bits per heavy atom. The van der Waals surface area contributed by atoms with Gasteiger partial charge in [0.2, 0.25) is 0 Å². The van der Waals surface area contributed by atoms with E-state index in [0.29, 0.717) is 13.2 Å². The SMILES string of the molecule is CCOc1ccc(OCc2ccc(CC(=O)O)cc2)c(Br)c1. The molecule has 0 amide bonds. The number of hydrogen-bond acceptors (Lipinski definition) is 3. The van der Waals surface area contributed by atoms with Crippen molar-refractivity contribution in [2.45, 2.75) is 20.0 Å². The first-order chi connectivity index (χ1) is 10.6. The molecule has 0 aliphatic carbocycles. The normalized spacial score (nSPS) is 10.3. The predicted molar refractivity (Wildman–Crippen MR) is 87.4 cm³/mol. The van der Waals surface area contributed by atoms with Crippen LogP contribution in [0.2, 0.25) is 0 Å². The lowest BCUT2D eigenvalue weighted by Gasteiger charge is -2.10. The molecule has 0 atom stereocenters. The van der Waals surface area contributed by atoms with Crippen LogP contribution in [-0.2, 0) is 17.8 Å². The smallest absolute Gasteiger partial charge is 0.307 e. The molecule has 0 heterocycles. The first-order valence-corrected chi connectivity index (χ1v) is 7.72. The van der Waals surface area contributed by atoms with Crippen molar-refractivity contribution in [3.63, 3.8) is 0 Å². The minimum atomic E-state index is -0.831. The van der Waals surface area contributed by atoms with Gasteiger partial charge in [0, 0.05) is 0 Å². The first kappa shape index (κ1) is 16.4. The van der Waals surface area contributed by atoms with Gasteiger partial charge in [-0.15, -0.1) is 0 Å². The zero-order chi connectivity index (χ0) is 15.9. The van der Waals surface area contributed by atoms with Gasteiger partial charge in [-0.2, -0.15) is 0 Å². The molecule has 5 heteroatoms. The average Bonchev–Trinajstić information content (AvgIpc) is 2.48. The third kappa shape index (κ3) is 4.77. The number of rotatable bonds is 7. The van der Waals surface area contributed by atoms with Crippen LogP contribution >= 0.6 is 15.9 Å². The minimum Gasteiger partial charge on any atom is -0.494 e. The van der Waals surface area contributed by atoms with Crippen LogP contribution in [0.4, 0.5) is 0 Å². The molecule has 1 N–H and O–H groups in total. The molecule has 4 nitrogen and oxygen atoms in total. The van der Waals surface area contributed by atoms with Crippen LogP contribution < -0.4 is 9.47 Å². The average molecular weight is 365 g/mol. The molecule has 22 heavy (non-hydrogen) atoms. The van der Waals surface area contributed by atoms with Crippen molar-refractivity contribution in [1.29, 1.82) is 0 Å². The third-order valence-electron chi connectivity index (χ3n) is 2.99. The molecular weight excluding hydrogens is 348 g/mol. The molecule has 0 unspecified atom stereocenters. The summed E-state index contributed by atoms with van der Waals surface area (Å²) >= 11 is 3.46. The van der Waals surface area contributed by atoms with Gasteiger partial charge in [-0.3, -0.25) is 4.79 Å². The van der Waals surface area contributed by atoms with Crippen LogP contribution in [0.25, 0.3) is 0 Å². The van der Waals surface area contributed by atoms with Crippen LogP contribution in [0, 0.1) is 0 Å². The summed E-state index contributed by atoms with van der Waals surface area (Å²) in [6.07, 6.45) is 0.0333. The van der Waals surface area contributed by atoms with E-state index in [1.807, 2.05) is 37.3 Å². The van der Waals surface area contributed by atoms with E-state index < -0.39 is 5.97 Å². The lowest BCUT2D eigenvalue weighted by molar-refractivity contribution is -0.136. The number of benzene rings is 2. The molecular formula is C17H17BrO4. The Morgan fingerprint density at radius 2 is 1.77 bits per heavy atom. The maximum Gasteiger partial charge on any atom is 0.307 e. The zero-order valence-electron chi connectivity index (χ0n) is 12.2. The van der Waals surface area contributed by atoms with Crippen LogP contribution in [-0.4, -0.2) is 17.7 Å². The van der Waals surface area contributed by atoms with Crippen molar-refractivity contribution in [1.82, 2.24) is 0 Å². The Balaban J connectivity index is 1.96. The van der Waals surface area contributed by atoms with Crippen molar-refractivity contribution in [2.24, 2.45) is 0 Å². The quantitative estimate of drug-likeness (QED) is 0.804. The number of carboxylic acid groups (broad SMARTS) is 1. The van der Waals surface area contributed by atoms with Gasteiger partial charge in [0.1, 0.15) is 18.1 Å². The van der Waals surface area contributed by atoms with Crippen molar-refractivity contribution >= 4 is 21.9 Å². The maximum absolute atomic E-state index is 10.6. The predicted octanol–water partition coefficient (Wildman–Crippen LogP) is 4.05. The second-order valence-corrected chi connectivity index (χ2v) is 5.56. The summed E-state index contributed by atoms with van der Waals surface area (Å²) in [4.78, 5) is 10.6. The highest BCUT2D eigenvalue weighted by Crippen LogP contribution is 2.29. The summed E-state index contributed by atoms with van der Waals surface area (Å²) in [6, 6.07) is 12.9. The second-order valence-electron chi connectivity index (χ2n) is 4.70. The summed E-state index contributed by atoms with van der Waals surface area (Å²) in [6.45, 7) is 2.97. The zero-order valence-corrected chi connectivity index (χ0v) is 13.8. The van der Waals surface area contributed by atoms with Gasteiger partial charge in [-0.25, -0.2) is 0 Å². The van der Waals surface area contributed by atoms with Gasteiger partial charge in [-0.05, 0) is 52.2 Å². The largest absolute Gasteiger partial charge is 0.494 e. The third-order valence-corrected chi connectivity index (χ3v) is 3.61. The summed E-state index contributed by atoms with van der Waals surface area (Å²) in [5, 5.41) is 8.74. The standard InChI is InChI=1S/C17H17BrO4/c1-2-21-14-7-8-16(15(18)10-14)22-11-13-5-3-12(4-6-13)9-17(19)20/h3-8,10H,2,9,11H2,1H3,(H,19,20). The van der Waals surface area contributed by atoms with Gasteiger partial charge < -0.3 is 14.6 Å². The molecule has 2 aromatic rings. The van der Waals surface area contributed by atoms with E-state index in [0.717, 1.165) is 27.1 Å². The first-order valence-electron chi connectivity index (χ1n) is 6.93. The fourth-order valence-corrected chi connectivity index (χ4v) is 2.42. The van der Waals surface area contributed by atoms with E-state index in [4.69, 9.17) is 14.6 Å². The van der Waals surface area contributed by atoms with E-state index in [2.05, 4.69) is 15.9 Å². The molecule has 0 bridgehead atoms. The highest BCUT2D eigenvalue weighted by Gasteiger charge is 2.05. The van der Waals surface area contributed by atoms with E-state index >= 15 is 0 Å². The monoisotopic (exact) mass is 364 g/mol. The lowest BCUT2D eigenvalue weighted by Crippen LogP contribution is -2.01. The molecule has 0 aromatic heterocycles. The summed E-state index contributed by atoms with van der Waals surface area (Å²) < 4.78 is 12.0. The van der Waals surface area contributed by atoms with Crippen molar-refractivity contribution in [3.05, 3.63) is 58.1 Å². The molecule has 0 spiro atoms. The highest BCUT2D eigenvalue weighted by molar-refractivity contribution is 9.10. The number of carbonyl (C=O) groups is 1. The molecule has 2 rings (SSSR count). The van der Waals surface area contributed by atoms with Crippen LogP contribution in [0.1, 0.15) is 18.1 Å². The van der Waals surface area contributed by atoms with Crippen LogP contribution in [0.5, 0.6) is 11.5 Å². The van der Waals surface area contributed by atoms with E-state index in [1.54, 1.807) is 12.1 Å². The van der Waals surface area contributed by atoms with Crippen LogP contribution in [0.15, 0.2) is 46.9 Å². The summed E-state index contributed by atoms with van der Waals surface area (Å²) in [5.41, 5.74) is 1.76. The van der Waals surface area contributed by atoms with Gasteiger partial charge >= 0.3 is 5.97 Å². The Kier molecular flexibility index (Phi) is 5.83. The summed E-state index contributed by atoms with van der Waals surface area (Å²) in [5.74, 6) is 0.695. The maximum atomic E-state index is 10.6. The molecule has 0 saturated carbocycles. The van der Waals surface area contributed by atoms with Crippen LogP contribution in [0.3, 0.4) is 0 Å². The van der Waals surface area contributed by atoms with Crippen molar-refractivity contribution in [3.8, 4) is 11.5 Å². The number of ether oxygens (including phenoxy) is 2. The number of carboxylic acids is 1. The van der Waals surface area contributed by atoms with Crippen molar-refractivity contribution < 1.29 is 19.4 Å². The molecule has 0 saturated heterocycles. The number of halogens is 1. The Hall–Kier alpha value is -2.01. The van der Waals surface area contributed by atoms with Gasteiger partial charge in [0.15, 0.2) is 0 Å². The summed E-state index contributed by atoms with van der Waals surface area (Å²) in [7, 11) is 0. The van der Waals surface area contributed by atoms with Gasteiger partial charge in [0.25, 0.3) is 0 Å². The van der Waals surface area contributed by atoms with E-state index in [9.17, 15) is 4.79 Å². The molecule has 0 aliphatic rings. The molecule has 2 aromatic carbocycles. The highest BCUT2D eigenvalue weighted by atomic mass is 79.9. The Labute approximate surface area is 137 Å². The fraction of sp³-hybridized carbons (Fsp3) is 0.235. The van der Waals surface area contributed by atoms with E-state index in [-0.39, 0.29) is 6.42 Å². The Bertz CT molecular complexity index is 638. The Morgan fingerprint density at radius 3 is 2.36 bits per heavy atom. The molecule has 116 valence electrons. The molecule has 0 fully saturated rings. The second kappa shape index (κ2) is 7.84. The number of aliphatic carboxylic acids is 1. The molecule has 0 aliphatic heterocycles. The fourth-order valence-electron chi connectivity index (χ4n) is 1.94. The minimum absolute atomic E-state index is 0.0333.